The average molecular weight is 339 g/mol. The number of carbonyl (C=O) groups excluding carboxylic acids is 1. The zero-order valence-electron chi connectivity index (χ0n) is 12.7. The second kappa shape index (κ2) is 5.86. The van der Waals surface area contributed by atoms with Gasteiger partial charge in [0.15, 0.2) is 11.6 Å². The summed E-state index contributed by atoms with van der Waals surface area (Å²) in [6.07, 6.45) is 0. The van der Waals surface area contributed by atoms with Crippen LogP contribution in [0.25, 0.3) is 22.6 Å². The van der Waals surface area contributed by atoms with E-state index in [4.69, 9.17) is 4.42 Å². The smallest absolute Gasteiger partial charge is 0.278 e. The van der Waals surface area contributed by atoms with Crippen LogP contribution in [0, 0.1) is 11.8 Å². The minimum atomic E-state index is -0.729. The quantitative estimate of drug-likeness (QED) is 0.583. The van der Waals surface area contributed by atoms with Gasteiger partial charge < -0.3 is 14.7 Å². The first-order valence-electron chi connectivity index (χ1n) is 7.42. The van der Waals surface area contributed by atoms with Crippen LogP contribution in [0.2, 0.25) is 0 Å². The predicted molar refractivity (Wildman–Crippen MR) is 88.1 cm³/mol. The van der Waals surface area contributed by atoms with Gasteiger partial charge in [0.05, 0.1) is 16.8 Å². The van der Waals surface area contributed by atoms with Gasteiger partial charge >= 0.3 is 0 Å². The molecule has 2 N–H and O–H groups in total. The lowest BCUT2D eigenvalue weighted by atomic mass is 10.1. The molecule has 0 fully saturated rings. The fourth-order valence-electron chi connectivity index (χ4n) is 2.53. The Hall–Kier alpha value is -3.48. The van der Waals surface area contributed by atoms with Crippen LogP contribution in [0.5, 0.6) is 0 Å². The summed E-state index contributed by atoms with van der Waals surface area (Å²) < 4.78 is 31.7. The first-order valence-corrected chi connectivity index (χ1v) is 7.42. The van der Waals surface area contributed by atoms with Crippen molar-refractivity contribution in [2.45, 2.75) is 0 Å². The molecule has 0 unspecified atom stereocenters. The van der Waals surface area contributed by atoms with Crippen molar-refractivity contribution in [2.75, 3.05) is 5.32 Å². The summed E-state index contributed by atoms with van der Waals surface area (Å²) in [5.74, 6) is -0.518. The molecule has 2 aromatic heterocycles. The molecule has 5 nitrogen and oxygen atoms in total. The molecule has 4 aromatic rings. The molecule has 0 saturated carbocycles. The molecule has 1 amide bonds. The largest absolute Gasteiger partial charge is 0.428 e. The van der Waals surface area contributed by atoms with Gasteiger partial charge in [-0.15, -0.1) is 0 Å². The molecule has 0 radical (unpaired) electrons. The van der Waals surface area contributed by atoms with Crippen molar-refractivity contribution in [2.24, 2.45) is 0 Å². The van der Waals surface area contributed by atoms with Crippen molar-refractivity contribution in [1.29, 1.82) is 0 Å². The number of carbonyl (C=O) groups is 1. The van der Waals surface area contributed by atoms with E-state index in [1.807, 2.05) is 0 Å². The molecule has 0 atom stereocenters. The normalized spacial score (nSPS) is 11.0. The number of halogens is 2. The summed E-state index contributed by atoms with van der Waals surface area (Å²) in [6.45, 7) is 0. The van der Waals surface area contributed by atoms with Gasteiger partial charge in [0, 0.05) is 6.07 Å². The standard InChI is InChI=1S/C18H11F2N3O2/c19-11-5-1-2-6-12(11)22-18(24)10-4-3-7-13-16(10)23-17(21-13)14-8-9-15(20)25-14/h1-9H,(H,21,23)(H,22,24). The van der Waals surface area contributed by atoms with Crippen LogP contribution < -0.4 is 5.32 Å². The Bertz CT molecular complexity index is 1080. The highest BCUT2D eigenvalue weighted by Gasteiger charge is 2.17. The van der Waals surface area contributed by atoms with Crippen LogP contribution in [0.15, 0.2) is 59.0 Å². The lowest BCUT2D eigenvalue weighted by Gasteiger charge is -2.06. The van der Waals surface area contributed by atoms with E-state index in [2.05, 4.69) is 15.3 Å². The van der Waals surface area contributed by atoms with Crippen LogP contribution in [0.3, 0.4) is 0 Å². The van der Waals surface area contributed by atoms with Crippen molar-refractivity contribution >= 4 is 22.6 Å². The highest BCUT2D eigenvalue weighted by Crippen LogP contribution is 2.25. The fraction of sp³-hybridized carbons (Fsp3) is 0. The van der Waals surface area contributed by atoms with E-state index in [0.29, 0.717) is 16.9 Å². The number of H-pyrrole nitrogens is 1. The zero-order chi connectivity index (χ0) is 17.4. The molecule has 0 bridgehead atoms. The van der Waals surface area contributed by atoms with Crippen LogP contribution in [0.4, 0.5) is 14.5 Å². The first-order chi connectivity index (χ1) is 12.1. The Labute approximate surface area is 140 Å². The lowest BCUT2D eigenvalue weighted by Crippen LogP contribution is -2.13. The van der Waals surface area contributed by atoms with Gasteiger partial charge in [-0.1, -0.05) is 18.2 Å². The monoisotopic (exact) mass is 339 g/mol. The summed E-state index contributed by atoms with van der Waals surface area (Å²) in [5.41, 5.74) is 1.29. The average Bonchev–Trinajstić information content (AvgIpc) is 3.22. The Morgan fingerprint density at radius 3 is 2.64 bits per heavy atom. The number of aromatic nitrogens is 2. The van der Waals surface area contributed by atoms with E-state index in [-0.39, 0.29) is 17.0 Å². The number of benzene rings is 2. The van der Waals surface area contributed by atoms with Gasteiger partial charge in [0.25, 0.3) is 11.9 Å². The SMILES string of the molecule is O=C(Nc1ccccc1F)c1cccc2[nH]c(-c3ccc(F)o3)nc12. The Morgan fingerprint density at radius 1 is 1.04 bits per heavy atom. The molecular weight excluding hydrogens is 328 g/mol. The highest BCUT2D eigenvalue weighted by molar-refractivity contribution is 6.11. The molecule has 25 heavy (non-hydrogen) atoms. The number of imidazole rings is 1. The number of para-hydroxylation sites is 2. The number of anilines is 1. The molecule has 0 spiro atoms. The number of hydrogen-bond donors (Lipinski definition) is 2. The number of hydrogen-bond acceptors (Lipinski definition) is 3. The number of amides is 1. The number of fused-ring (bicyclic) bond motifs is 1. The fourth-order valence-corrected chi connectivity index (χ4v) is 2.53. The van der Waals surface area contributed by atoms with E-state index in [0.717, 1.165) is 0 Å². The maximum Gasteiger partial charge on any atom is 0.278 e. The lowest BCUT2D eigenvalue weighted by molar-refractivity contribution is 0.102. The third-order valence-corrected chi connectivity index (χ3v) is 3.69. The zero-order valence-corrected chi connectivity index (χ0v) is 12.7. The van der Waals surface area contributed by atoms with Crippen LogP contribution >= 0.6 is 0 Å². The van der Waals surface area contributed by atoms with Crippen molar-refractivity contribution < 1.29 is 18.0 Å². The highest BCUT2D eigenvalue weighted by atomic mass is 19.1. The maximum atomic E-state index is 13.7. The first kappa shape index (κ1) is 15.1. The van der Waals surface area contributed by atoms with Gasteiger partial charge in [-0.05, 0) is 30.3 Å². The molecule has 124 valence electrons. The molecular formula is C18H11F2N3O2. The third-order valence-electron chi connectivity index (χ3n) is 3.69. The maximum absolute atomic E-state index is 13.7. The second-order valence-corrected chi connectivity index (χ2v) is 5.32. The number of aromatic amines is 1. The molecule has 0 aliphatic heterocycles. The molecule has 0 aliphatic rings. The van der Waals surface area contributed by atoms with Crippen LogP contribution in [0.1, 0.15) is 10.4 Å². The van der Waals surface area contributed by atoms with Crippen LogP contribution in [-0.4, -0.2) is 15.9 Å². The number of furan rings is 1. The van der Waals surface area contributed by atoms with E-state index in [9.17, 15) is 13.6 Å². The number of nitrogens with one attached hydrogen (secondary N) is 2. The number of rotatable bonds is 3. The second-order valence-electron chi connectivity index (χ2n) is 5.32. The summed E-state index contributed by atoms with van der Waals surface area (Å²) in [6, 6.07) is 12.7. The van der Waals surface area contributed by atoms with Crippen molar-refractivity contribution in [1.82, 2.24) is 9.97 Å². The van der Waals surface area contributed by atoms with Crippen LogP contribution in [-0.2, 0) is 0 Å². The summed E-state index contributed by atoms with van der Waals surface area (Å²) in [7, 11) is 0. The van der Waals surface area contributed by atoms with Gasteiger partial charge in [0.1, 0.15) is 11.3 Å². The van der Waals surface area contributed by atoms with Gasteiger partial charge in [-0.25, -0.2) is 9.37 Å². The van der Waals surface area contributed by atoms with Gasteiger partial charge in [-0.2, -0.15) is 4.39 Å². The predicted octanol–water partition coefficient (Wildman–Crippen LogP) is 4.35. The number of nitrogens with zero attached hydrogens (tertiary/aromatic N) is 1. The van der Waals surface area contributed by atoms with Gasteiger partial charge in [0.2, 0.25) is 0 Å². The molecule has 2 aromatic carbocycles. The van der Waals surface area contributed by atoms with E-state index in [1.165, 1.54) is 30.3 Å². The summed E-state index contributed by atoms with van der Waals surface area (Å²) in [4.78, 5) is 19.8. The Kier molecular flexibility index (Phi) is 3.53. The minimum absolute atomic E-state index is 0.0772. The van der Waals surface area contributed by atoms with Crippen molar-refractivity contribution in [3.8, 4) is 11.6 Å². The molecule has 7 heteroatoms. The molecule has 2 heterocycles. The Morgan fingerprint density at radius 2 is 1.88 bits per heavy atom. The van der Waals surface area contributed by atoms with Crippen molar-refractivity contribution in [3.63, 3.8) is 0 Å². The molecule has 0 saturated heterocycles. The molecule has 4 rings (SSSR count). The van der Waals surface area contributed by atoms with E-state index >= 15 is 0 Å². The third kappa shape index (κ3) is 2.76. The summed E-state index contributed by atoms with van der Waals surface area (Å²) >= 11 is 0. The minimum Gasteiger partial charge on any atom is -0.428 e. The topological polar surface area (TPSA) is 70.9 Å². The van der Waals surface area contributed by atoms with Gasteiger partial charge in [-0.3, -0.25) is 4.79 Å². The van der Waals surface area contributed by atoms with Crippen molar-refractivity contribution in [3.05, 3.63) is 72.0 Å². The van der Waals surface area contributed by atoms with E-state index in [1.54, 1.807) is 24.3 Å². The molecule has 0 aliphatic carbocycles. The van der Waals surface area contributed by atoms with E-state index < -0.39 is 17.7 Å². The Balaban J connectivity index is 1.73. The summed E-state index contributed by atoms with van der Waals surface area (Å²) in [5, 5.41) is 2.52.